The Balaban J connectivity index is 2.06. The average Bonchev–Trinajstić information content (AvgIpc) is 2.16. The van der Waals surface area contributed by atoms with Gasteiger partial charge >= 0.3 is 0 Å². The van der Waals surface area contributed by atoms with Crippen molar-refractivity contribution in [3.8, 4) is 6.07 Å². The second kappa shape index (κ2) is 4.26. The first-order valence-corrected chi connectivity index (χ1v) is 5.23. The molecule has 1 aliphatic carbocycles. The van der Waals surface area contributed by atoms with E-state index in [1.165, 1.54) is 19.3 Å². The van der Waals surface area contributed by atoms with Crippen molar-refractivity contribution in [3.63, 3.8) is 0 Å². The molecule has 1 aromatic rings. The summed E-state index contributed by atoms with van der Waals surface area (Å²) < 4.78 is 0. The van der Waals surface area contributed by atoms with Crippen LogP contribution in [0.5, 0.6) is 0 Å². The molecule has 1 heterocycles. The maximum absolute atomic E-state index is 8.55. The summed E-state index contributed by atoms with van der Waals surface area (Å²) in [5, 5.41) is 16.9. The van der Waals surface area contributed by atoms with E-state index in [0.29, 0.717) is 12.5 Å². The lowest BCUT2D eigenvalue weighted by atomic mass is 9.83. The molecule has 0 aromatic carbocycles. The minimum absolute atomic E-state index is 0.345. The van der Waals surface area contributed by atoms with E-state index >= 15 is 0 Å². The quantitative estimate of drug-likeness (QED) is 0.700. The van der Waals surface area contributed by atoms with Crippen molar-refractivity contribution >= 4 is 5.82 Å². The van der Waals surface area contributed by atoms with Crippen LogP contribution in [0.25, 0.3) is 0 Å². The number of aromatic nitrogens is 2. The summed E-state index contributed by atoms with van der Waals surface area (Å²) in [6.45, 7) is 0.345. The van der Waals surface area contributed by atoms with Crippen LogP contribution >= 0.6 is 0 Å². The molecule has 0 unspecified atom stereocenters. The molecular formula is C11H14N4. The molecule has 1 aromatic heterocycles. The molecule has 0 spiro atoms. The predicted octanol–water partition coefficient (Wildman–Crippen LogP) is 1.70. The highest BCUT2D eigenvalue weighted by atomic mass is 15.2. The number of hydrogen-bond acceptors (Lipinski definition) is 4. The van der Waals surface area contributed by atoms with Crippen molar-refractivity contribution in [3.05, 3.63) is 17.8 Å². The maximum atomic E-state index is 8.55. The first-order chi connectivity index (χ1) is 7.31. The third-order valence-corrected chi connectivity index (χ3v) is 2.89. The smallest absolute Gasteiger partial charge is 0.151 e. The fourth-order valence-corrected chi connectivity index (χ4v) is 1.65. The second-order valence-electron chi connectivity index (χ2n) is 3.96. The predicted molar refractivity (Wildman–Crippen MR) is 57.5 cm³/mol. The van der Waals surface area contributed by atoms with Crippen molar-refractivity contribution in [2.24, 2.45) is 0 Å². The van der Waals surface area contributed by atoms with Gasteiger partial charge in [-0.25, -0.2) is 0 Å². The largest absolute Gasteiger partial charge is 0.345 e. The summed E-state index contributed by atoms with van der Waals surface area (Å²) in [5.74, 6) is 1.38. The van der Waals surface area contributed by atoms with E-state index in [1.54, 1.807) is 4.90 Å². The summed E-state index contributed by atoms with van der Waals surface area (Å²) >= 11 is 0. The standard InChI is InChI=1S/C11H14N4/c1-15(8-7-12)11-6-5-10(13-14-11)9-3-2-4-9/h5-6,9H,2-4,8H2,1H3. The SMILES string of the molecule is CN(CC#N)c1ccc(C2CCC2)nn1. The zero-order valence-corrected chi connectivity index (χ0v) is 8.85. The molecule has 15 heavy (non-hydrogen) atoms. The van der Waals surface area contributed by atoms with Gasteiger partial charge in [0.15, 0.2) is 5.82 Å². The molecule has 4 nitrogen and oxygen atoms in total. The molecule has 0 amide bonds. The van der Waals surface area contributed by atoms with Crippen LogP contribution in [0.1, 0.15) is 30.9 Å². The minimum atomic E-state index is 0.345. The van der Waals surface area contributed by atoms with Crippen molar-refractivity contribution in [1.82, 2.24) is 10.2 Å². The zero-order chi connectivity index (χ0) is 10.7. The van der Waals surface area contributed by atoms with Crippen molar-refractivity contribution in [2.45, 2.75) is 25.2 Å². The summed E-state index contributed by atoms with van der Waals surface area (Å²) in [7, 11) is 1.84. The highest BCUT2D eigenvalue weighted by Crippen LogP contribution is 2.34. The van der Waals surface area contributed by atoms with Crippen LogP contribution in [-0.2, 0) is 0 Å². The van der Waals surface area contributed by atoms with Gasteiger partial charge in [-0.2, -0.15) is 10.4 Å². The topological polar surface area (TPSA) is 52.8 Å². The summed E-state index contributed by atoms with van der Waals surface area (Å²) in [5.41, 5.74) is 1.09. The Morgan fingerprint density at radius 3 is 2.73 bits per heavy atom. The molecule has 1 fully saturated rings. The van der Waals surface area contributed by atoms with Gasteiger partial charge < -0.3 is 4.90 Å². The summed E-state index contributed by atoms with van der Waals surface area (Å²) in [4.78, 5) is 1.79. The Bertz CT molecular complexity index is 361. The number of rotatable bonds is 3. The molecular weight excluding hydrogens is 188 g/mol. The van der Waals surface area contributed by atoms with Gasteiger partial charge in [-0.15, -0.1) is 5.10 Å². The van der Waals surface area contributed by atoms with E-state index in [0.717, 1.165) is 11.5 Å². The molecule has 4 heteroatoms. The minimum Gasteiger partial charge on any atom is -0.345 e. The second-order valence-corrected chi connectivity index (χ2v) is 3.96. The lowest BCUT2D eigenvalue weighted by Crippen LogP contribution is -2.19. The molecule has 0 aliphatic heterocycles. The van der Waals surface area contributed by atoms with Gasteiger partial charge in [-0.05, 0) is 25.0 Å². The van der Waals surface area contributed by atoms with Crippen LogP contribution in [0.15, 0.2) is 12.1 Å². The van der Waals surface area contributed by atoms with Crippen molar-refractivity contribution in [2.75, 3.05) is 18.5 Å². The molecule has 0 N–H and O–H groups in total. The van der Waals surface area contributed by atoms with Crippen LogP contribution in [0.4, 0.5) is 5.82 Å². The average molecular weight is 202 g/mol. The van der Waals surface area contributed by atoms with Crippen LogP contribution in [0.2, 0.25) is 0 Å². The normalized spacial score (nSPS) is 15.5. The van der Waals surface area contributed by atoms with E-state index in [-0.39, 0.29) is 0 Å². The number of nitrogens with zero attached hydrogens (tertiary/aromatic N) is 4. The molecule has 1 aliphatic rings. The molecule has 0 saturated heterocycles. The van der Waals surface area contributed by atoms with Gasteiger partial charge in [0, 0.05) is 13.0 Å². The highest BCUT2D eigenvalue weighted by molar-refractivity contribution is 5.37. The van der Waals surface area contributed by atoms with Gasteiger partial charge in [0.25, 0.3) is 0 Å². The Morgan fingerprint density at radius 1 is 1.47 bits per heavy atom. The van der Waals surface area contributed by atoms with E-state index in [2.05, 4.69) is 16.3 Å². The van der Waals surface area contributed by atoms with Crippen LogP contribution < -0.4 is 4.90 Å². The summed E-state index contributed by atoms with van der Waals surface area (Å²) in [6, 6.07) is 6.05. The van der Waals surface area contributed by atoms with Gasteiger partial charge in [0.2, 0.25) is 0 Å². The molecule has 2 rings (SSSR count). The maximum Gasteiger partial charge on any atom is 0.151 e. The zero-order valence-electron chi connectivity index (χ0n) is 8.85. The van der Waals surface area contributed by atoms with Gasteiger partial charge in [-0.3, -0.25) is 0 Å². The Labute approximate surface area is 89.5 Å². The first-order valence-electron chi connectivity index (χ1n) is 5.23. The first kappa shape index (κ1) is 9.91. The monoisotopic (exact) mass is 202 g/mol. The number of anilines is 1. The number of hydrogen-bond donors (Lipinski definition) is 0. The molecule has 0 atom stereocenters. The third kappa shape index (κ3) is 2.07. The van der Waals surface area contributed by atoms with E-state index in [4.69, 9.17) is 5.26 Å². The van der Waals surface area contributed by atoms with Gasteiger partial charge in [0.05, 0.1) is 11.8 Å². The van der Waals surface area contributed by atoms with Crippen LogP contribution in [-0.4, -0.2) is 23.8 Å². The van der Waals surface area contributed by atoms with Crippen LogP contribution in [0, 0.1) is 11.3 Å². The lowest BCUT2D eigenvalue weighted by molar-refractivity contribution is 0.408. The van der Waals surface area contributed by atoms with Crippen LogP contribution in [0.3, 0.4) is 0 Å². The fraction of sp³-hybridized carbons (Fsp3) is 0.545. The van der Waals surface area contributed by atoms with Gasteiger partial charge in [-0.1, -0.05) is 6.42 Å². The Morgan fingerprint density at radius 2 is 2.27 bits per heavy atom. The fourth-order valence-electron chi connectivity index (χ4n) is 1.65. The van der Waals surface area contributed by atoms with Gasteiger partial charge in [0.1, 0.15) is 6.54 Å². The lowest BCUT2D eigenvalue weighted by Gasteiger charge is -2.24. The molecule has 0 bridgehead atoms. The Hall–Kier alpha value is -1.63. The number of nitriles is 1. The van der Waals surface area contributed by atoms with E-state index in [9.17, 15) is 0 Å². The van der Waals surface area contributed by atoms with E-state index in [1.807, 2.05) is 19.2 Å². The van der Waals surface area contributed by atoms with E-state index < -0.39 is 0 Å². The molecule has 0 radical (unpaired) electrons. The third-order valence-electron chi connectivity index (χ3n) is 2.89. The molecule has 78 valence electrons. The van der Waals surface area contributed by atoms with Crippen molar-refractivity contribution in [1.29, 1.82) is 5.26 Å². The highest BCUT2D eigenvalue weighted by Gasteiger charge is 2.21. The summed E-state index contributed by atoms with van der Waals surface area (Å²) in [6.07, 6.45) is 3.78. The van der Waals surface area contributed by atoms with Crippen molar-refractivity contribution < 1.29 is 0 Å². The molecule has 1 saturated carbocycles. The Kier molecular flexibility index (Phi) is 2.82.